The first-order chi connectivity index (χ1) is 8.81. The monoisotopic (exact) mass is 257 g/mol. The van der Waals surface area contributed by atoms with Crippen molar-refractivity contribution in [2.24, 2.45) is 0 Å². The van der Waals surface area contributed by atoms with Crippen LogP contribution >= 0.6 is 7.65 Å². The number of para-hydroxylation sites is 1. The van der Waals surface area contributed by atoms with Crippen molar-refractivity contribution in [1.82, 2.24) is 0 Å². The zero-order valence-corrected chi connectivity index (χ0v) is 11.1. The Morgan fingerprint density at radius 3 is 2.67 bits per heavy atom. The van der Waals surface area contributed by atoms with Gasteiger partial charge in [-0.2, -0.15) is 0 Å². The van der Waals surface area contributed by atoms with Gasteiger partial charge in [-0.3, -0.25) is 0 Å². The van der Waals surface area contributed by atoms with Crippen LogP contribution in [0, 0.1) is 0 Å². The maximum absolute atomic E-state index is 12.3. The van der Waals surface area contributed by atoms with Crippen LogP contribution < -0.4 is 0 Å². The van der Waals surface area contributed by atoms with Gasteiger partial charge in [0, 0.05) is 16.3 Å². The minimum absolute atomic E-state index is 0.722. The van der Waals surface area contributed by atoms with Gasteiger partial charge in [0.15, 0.2) is 5.58 Å². The Morgan fingerprint density at radius 2 is 1.83 bits per heavy atom. The van der Waals surface area contributed by atoms with E-state index in [9.17, 15) is 4.57 Å². The second-order valence-corrected chi connectivity index (χ2v) is 5.55. The van der Waals surface area contributed by atoms with Crippen LogP contribution in [0.3, 0.4) is 0 Å². The van der Waals surface area contributed by atoms with Crippen molar-refractivity contribution >= 4 is 29.1 Å². The molecule has 0 aliphatic carbocycles. The molecule has 0 aliphatic rings. The maximum atomic E-state index is 12.3. The molecule has 0 radical (unpaired) electrons. The van der Waals surface area contributed by atoms with Crippen LogP contribution in [0.1, 0.15) is 18.9 Å². The molecular weight excluding hydrogens is 243 g/mol. The summed E-state index contributed by atoms with van der Waals surface area (Å²) in [6.45, 7) is 2.13. The first-order valence-electron chi connectivity index (χ1n) is 6.17. The van der Waals surface area contributed by atoms with Crippen molar-refractivity contribution in [3.8, 4) is 0 Å². The fraction of sp³-hybridized carbons (Fsp3) is 0.200. The average Bonchev–Trinajstić information content (AvgIpc) is 2.39. The fourth-order valence-electron chi connectivity index (χ4n) is 2.40. The van der Waals surface area contributed by atoms with Crippen LogP contribution in [0.15, 0.2) is 46.7 Å². The molecular formula is C15H14O2P+. The van der Waals surface area contributed by atoms with Crippen molar-refractivity contribution in [2.45, 2.75) is 19.8 Å². The lowest BCUT2D eigenvalue weighted by Crippen LogP contribution is -1.85. The third kappa shape index (κ3) is 1.74. The summed E-state index contributed by atoms with van der Waals surface area (Å²) in [7, 11) is -1.78. The number of benzene rings is 2. The van der Waals surface area contributed by atoms with Gasteiger partial charge in [0.1, 0.15) is 0 Å². The van der Waals surface area contributed by atoms with E-state index in [1.165, 1.54) is 0 Å². The van der Waals surface area contributed by atoms with Crippen molar-refractivity contribution in [3.63, 3.8) is 0 Å². The van der Waals surface area contributed by atoms with Crippen LogP contribution in [-0.2, 0) is 11.0 Å². The smallest absolute Gasteiger partial charge is 0.250 e. The Morgan fingerprint density at radius 1 is 1.06 bits per heavy atom. The average molecular weight is 257 g/mol. The van der Waals surface area contributed by atoms with Crippen molar-refractivity contribution in [3.05, 3.63) is 48.0 Å². The Hall–Kier alpha value is -1.66. The van der Waals surface area contributed by atoms with Gasteiger partial charge in [0.25, 0.3) is 0 Å². The summed E-state index contributed by atoms with van der Waals surface area (Å²) in [5, 5.41) is 2.98. The molecule has 90 valence electrons. The molecule has 0 saturated carbocycles. The highest BCUT2D eigenvalue weighted by Crippen LogP contribution is 2.37. The molecule has 2 aromatic carbocycles. The van der Waals surface area contributed by atoms with Crippen LogP contribution in [0.4, 0.5) is 0 Å². The Labute approximate surface area is 106 Å². The van der Waals surface area contributed by atoms with E-state index >= 15 is 0 Å². The van der Waals surface area contributed by atoms with Gasteiger partial charge in [-0.05, 0) is 23.1 Å². The van der Waals surface area contributed by atoms with Crippen LogP contribution in [0.2, 0.25) is 0 Å². The van der Waals surface area contributed by atoms with Gasteiger partial charge in [-0.15, -0.1) is 0 Å². The highest BCUT2D eigenvalue weighted by Gasteiger charge is 2.19. The predicted molar refractivity (Wildman–Crippen MR) is 75.3 cm³/mol. The molecule has 0 N–H and O–H groups in total. The first-order valence-corrected chi connectivity index (χ1v) is 7.35. The van der Waals surface area contributed by atoms with Crippen molar-refractivity contribution in [2.75, 3.05) is 0 Å². The predicted octanol–water partition coefficient (Wildman–Crippen LogP) is 5.28. The van der Waals surface area contributed by atoms with Gasteiger partial charge in [-0.1, -0.05) is 43.7 Å². The first kappa shape index (κ1) is 11.4. The second kappa shape index (κ2) is 4.55. The molecule has 1 aromatic heterocycles. The van der Waals surface area contributed by atoms with E-state index in [2.05, 4.69) is 6.92 Å². The summed E-state index contributed by atoms with van der Waals surface area (Å²) in [5.41, 5.74) is 1.87. The highest BCUT2D eigenvalue weighted by molar-refractivity contribution is 7.37. The summed E-state index contributed by atoms with van der Waals surface area (Å²) in [4.78, 5) is 0. The fourth-order valence-corrected chi connectivity index (χ4v) is 3.64. The Balaban J connectivity index is 2.51. The van der Waals surface area contributed by atoms with Gasteiger partial charge in [-0.25, -0.2) is 4.20 Å². The van der Waals surface area contributed by atoms with E-state index in [-0.39, 0.29) is 0 Å². The van der Waals surface area contributed by atoms with E-state index in [0.29, 0.717) is 0 Å². The number of fused-ring (bicyclic) bond motifs is 3. The second-order valence-electron chi connectivity index (χ2n) is 4.41. The number of hydrogen-bond donors (Lipinski definition) is 0. The molecule has 0 aliphatic heterocycles. The standard InChI is InChI=1S/C15H14O2P/c1-2-6-11-7-5-9-13-12-8-3-4-10-14(12)17-18(16)15(11)13/h3-5,7-10H,2,6H2,1H3/q+1. The molecule has 0 amide bonds. The largest absolute Gasteiger partial charge is 0.598 e. The zero-order valence-electron chi connectivity index (χ0n) is 10.2. The van der Waals surface area contributed by atoms with Crippen molar-refractivity contribution in [1.29, 1.82) is 0 Å². The molecule has 1 heterocycles. The minimum atomic E-state index is -1.78. The van der Waals surface area contributed by atoms with E-state index in [1.807, 2.05) is 42.5 Å². The van der Waals surface area contributed by atoms with Crippen LogP contribution in [-0.4, -0.2) is 0 Å². The lowest BCUT2D eigenvalue weighted by molar-refractivity contribution is 0.563. The summed E-state index contributed by atoms with van der Waals surface area (Å²) < 4.78 is 17.8. The van der Waals surface area contributed by atoms with E-state index < -0.39 is 7.65 Å². The number of aryl methyl sites for hydroxylation is 1. The Kier molecular flexibility index (Phi) is 2.89. The molecule has 0 fully saturated rings. The summed E-state index contributed by atoms with van der Waals surface area (Å²) in [6, 6.07) is 13.9. The van der Waals surface area contributed by atoms with E-state index in [1.54, 1.807) is 0 Å². The maximum Gasteiger partial charge on any atom is 0.598 e. The van der Waals surface area contributed by atoms with Crippen LogP contribution in [0.5, 0.6) is 0 Å². The minimum Gasteiger partial charge on any atom is -0.250 e. The Bertz CT molecular complexity index is 774. The molecule has 0 saturated heterocycles. The molecule has 3 aromatic rings. The van der Waals surface area contributed by atoms with E-state index in [4.69, 9.17) is 4.20 Å². The third-order valence-electron chi connectivity index (χ3n) is 3.18. The summed E-state index contributed by atoms with van der Waals surface area (Å²) in [6.07, 6.45) is 1.98. The molecule has 1 atom stereocenters. The molecule has 3 rings (SSSR count). The number of hydrogen-bond acceptors (Lipinski definition) is 2. The number of rotatable bonds is 2. The molecule has 2 nitrogen and oxygen atoms in total. The summed E-state index contributed by atoms with van der Waals surface area (Å²) in [5.74, 6) is 0. The molecule has 3 heteroatoms. The molecule has 1 unspecified atom stereocenters. The zero-order chi connectivity index (χ0) is 12.5. The van der Waals surface area contributed by atoms with Gasteiger partial charge >= 0.3 is 7.65 Å². The molecule has 0 spiro atoms. The highest BCUT2D eigenvalue weighted by atomic mass is 31.1. The van der Waals surface area contributed by atoms with Gasteiger partial charge < -0.3 is 0 Å². The molecule has 18 heavy (non-hydrogen) atoms. The SMILES string of the molecule is CCCc1cccc2c3ccccc3o[p+](=O)c12. The van der Waals surface area contributed by atoms with Gasteiger partial charge in [0.05, 0.1) is 0 Å². The quantitative estimate of drug-likeness (QED) is 0.584. The van der Waals surface area contributed by atoms with Gasteiger partial charge in [0.2, 0.25) is 5.12 Å². The van der Waals surface area contributed by atoms with Crippen LogP contribution in [0.25, 0.3) is 21.5 Å². The summed E-state index contributed by atoms with van der Waals surface area (Å²) >= 11 is 0. The topological polar surface area (TPSA) is 30.2 Å². The molecule has 0 bridgehead atoms. The normalized spacial score (nSPS) is 12.2. The lowest BCUT2D eigenvalue weighted by atomic mass is 10.1. The van der Waals surface area contributed by atoms with Crippen molar-refractivity contribution < 1.29 is 8.76 Å². The lowest BCUT2D eigenvalue weighted by Gasteiger charge is -2.00. The van der Waals surface area contributed by atoms with E-state index in [0.717, 1.165) is 39.9 Å². The third-order valence-corrected chi connectivity index (χ3v) is 4.44.